The SMILES string of the molecule is CCOc1ccc(Oc2ccc(NC(=O)C(c3ccccc3)N3CCS(=O)(=O)CC3)cc2)cc1. The van der Waals surface area contributed by atoms with Crippen LogP contribution in [0.5, 0.6) is 17.2 Å². The molecule has 1 unspecified atom stereocenters. The van der Waals surface area contributed by atoms with Gasteiger partial charge in [-0.2, -0.15) is 0 Å². The molecule has 1 saturated heterocycles. The fourth-order valence-corrected chi connectivity index (χ4v) is 5.10. The van der Waals surface area contributed by atoms with E-state index in [1.54, 1.807) is 24.3 Å². The molecule has 1 aliphatic heterocycles. The van der Waals surface area contributed by atoms with E-state index in [1.807, 2.05) is 66.4 Å². The fourth-order valence-electron chi connectivity index (χ4n) is 3.87. The molecule has 1 fully saturated rings. The number of amides is 1. The van der Waals surface area contributed by atoms with E-state index in [0.29, 0.717) is 36.9 Å². The lowest BCUT2D eigenvalue weighted by atomic mass is 10.0. The van der Waals surface area contributed by atoms with E-state index >= 15 is 0 Å². The number of ether oxygens (including phenoxy) is 2. The molecule has 1 aliphatic rings. The molecule has 0 saturated carbocycles. The highest BCUT2D eigenvalue weighted by Crippen LogP contribution is 2.27. The smallest absolute Gasteiger partial charge is 0.246 e. The highest BCUT2D eigenvalue weighted by atomic mass is 32.2. The van der Waals surface area contributed by atoms with E-state index < -0.39 is 15.9 Å². The van der Waals surface area contributed by atoms with Crippen LogP contribution in [0.3, 0.4) is 0 Å². The van der Waals surface area contributed by atoms with Gasteiger partial charge in [0.2, 0.25) is 5.91 Å². The highest BCUT2D eigenvalue weighted by Gasteiger charge is 2.32. The number of sulfone groups is 1. The van der Waals surface area contributed by atoms with Gasteiger partial charge < -0.3 is 14.8 Å². The third-order valence-corrected chi connectivity index (χ3v) is 7.21. The number of hydrogen-bond acceptors (Lipinski definition) is 6. The summed E-state index contributed by atoms with van der Waals surface area (Å²) in [5, 5.41) is 2.97. The quantitative estimate of drug-likeness (QED) is 0.518. The van der Waals surface area contributed by atoms with Crippen LogP contribution in [0, 0.1) is 0 Å². The van der Waals surface area contributed by atoms with Crippen molar-refractivity contribution in [2.45, 2.75) is 13.0 Å². The lowest BCUT2D eigenvalue weighted by Gasteiger charge is -2.33. The van der Waals surface area contributed by atoms with Gasteiger partial charge in [-0.25, -0.2) is 8.42 Å². The van der Waals surface area contributed by atoms with Gasteiger partial charge in [0.15, 0.2) is 9.84 Å². The predicted molar refractivity (Wildman–Crippen MR) is 132 cm³/mol. The third kappa shape index (κ3) is 6.15. The molecule has 0 spiro atoms. The standard InChI is InChI=1S/C26H28N2O5S/c1-2-32-22-12-14-24(15-13-22)33-23-10-8-21(9-11-23)27-26(29)25(20-6-4-3-5-7-20)28-16-18-34(30,31)19-17-28/h3-15,25H,2,16-19H2,1H3,(H,27,29). The summed E-state index contributed by atoms with van der Waals surface area (Å²) in [6, 6.07) is 23.4. The first kappa shape index (κ1) is 23.8. The predicted octanol–water partition coefficient (Wildman–Crippen LogP) is 4.29. The van der Waals surface area contributed by atoms with Crippen molar-refractivity contribution in [3.63, 3.8) is 0 Å². The van der Waals surface area contributed by atoms with Crippen molar-refractivity contribution >= 4 is 21.4 Å². The molecule has 1 amide bonds. The molecule has 1 N–H and O–H groups in total. The van der Waals surface area contributed by atoms with Crippen molar-refractivity contribution < 1.29 is 22.7 Å². The first-order chi connectivity index (χ1) is 16.4. The lowest BCUT2D eigenvalue weighted by molar-refractivity contribution is -0.121. The summed E-state index contributed by atoms with van der Waals surface area (Å²) in [6.45, 7) is 3.19. The molecule has 3 aromatic rings. The molecule has 0 aromatic heterocycles. The van der Waals surface area contributed by atoms with Crippen molar-refractivity contribution in [3.8, 4) is 17.2 Å². The van der Waals surface area contributed by atoms with Gasteiger partial charge in [0, 0.05) is 18.8 Å². The van der Waals surface area contributed by atoms with E-state index in [-0.39, 0.29) is 17.4 Å². The van der Waals surface area contributed by atoms with Crippen LogP contribution in [-0.4, -0.2) is 50.4 Å². The van der Waals surface area contributed by atoms with Crippen LogP contribution in [-0.2, 0) is 14.6 Å². The number of rotatable bonds is 8. The van der Waals surface area contributed by atoms with E-state index in [2.05, 4.69) is 5.32 Å². The number of nitrogens with zero attached hydrogens (tertiary/aromatic N) is 1. The van der Waals surface area contributed by atoms with Gasteiger partial charge in [0.05, 0.1) is 18.1 Å². The summed E-state index contributed by atoms with van der Waals surface area (Å²) >= 11 is 0. The van der Waals surface area contributed by atoms with Crippen molar-refractivity contribution in [1.29, 1.82) is 0 Å². The summed E-state index contributed by atoms with van der Waals surface area (Å²) in [6.07, 6.45) is 0. The molecule has 7 nitrogen and oxygen atoms in total. The molecule has 0 bridgehead atoms. The van der Waals surface area contributed by atoms with E-state index in [0.717, 1.165) is 11.3 Å². The van der Waals surface area contributed by atoms with Gasteiger partial charge in [0.1, 0.15) is 23.3 Å². The zero-order chi connectivity index (χ0) is 24.0. The summed E-state index contributed by atoms with van der Waals surface area (Å²) in [5.41, 5.74) is 1.46. The summed E-state index contributed by atoms with van der Waals surface area (Å²) in [5.74, 6) is 2.02. The first-order valence-corrected chi connectivity index (χ1v) is 13.1. The molecule has 178 valence electrons. The number of carbonyl (C=O) groups excluding carboxylic acids is 1. The minimum Gasteiger partial charge on any atom is -0.494 e. The Kier molecular flexibility index (Phi) is 7.49. The zero-order valence-corrected chi connectivity index (χ0v) is 19.8. The molecule has 0 aliphatic carbocycles. The van der Waals surface area contributed by atoms with Crippen LogP contribution in [0.2, 0.25) is 0 Å². The van der Waals surface area contributed by atoms with Crippen molar-refractivity contribution in [3.05, 3.63) is 84.4 Å². The van der Waals surface area contributed by atoms with Crippen LogP contribution in [0.1, 0.15) is 18.5 Å². The minimum absolute atomic E-state index is 0.0567. The van der Waals surface area contributed by atoms with Crippen molar-refractivity contribution in [1.82, 2.24) is 4.90 Å². The molecule has 8 heteroatoms. The molecule has 4 rings (SSSR count). The van der Waals surface area contributed by atoms with E-state index in [1.165, 1.54) is 0 Å². The van der Waals surface area contributed by atoms with Gasteiger partial charge in [-0.1, -0.05) is 30.3 Å². The number of carbonyl (C=O) groups is 1. The average molecular weight is 481 g/mol. The normalized spacial score (nSPS) is 16.4. The van der Waals surface area contributed by atoms with Crippen LogP contribution in [0.15, 0.2) is 78.9 Å². The Morgan fingerprint density at radius 2 is 1.44 bits per heavy atom. The maximum atomic E-state index is 13.3. The molecule has 1 atom stereocenters. The Morgan fingerprint density at radius 1 is 0.882 bits per heavy atom. The topological polar surface area (TPSA) is 84.9 Å². The molecule has 1 heterocycles. The number of benzene rings is 3. The number of hydrogen-bond donors (Lipinski definition) is 1. The van der Waals surface area contributed by atoms with Crippen LogP contribution in [0.25, 0.3) is 0 Å². The molecule has 34 heavy (non-hydrogen) atoms. The Balaban J connectivity index is 1.44. The highest BCUT2D eigenvalue weighted by molar-refractivity contribution is 7.91. The molecular weight excluding hydrogens is 452 g/mol. The fraction of sp³-hybridized carbons (Fsp3) is 0.269. The van der Waals surface area contributed by atoms with Gasteiger partial charge in [0.25, 0.3) is 0 Å². The van der Waals surface area contributed by atoms with Gasteiger partial charge in [-0.15, -0.1) is 0 Å². The van der Waals surface area contributed by atoms with Crippen molar-refractivity contribution in [2.75, 3.05) is 36.5 Å². The first-order valence-electron chi connectivity index (χ1n) is 11.2. The maximum absolute atomic E-state index is 13.3. The van der Waals surface area contributed by atoms with Gasteiger partial charge in [-0.05, 0) is 61.0 Å². The number of anilines is 1. The van der Waals surface area contributed by atoms with E-state index in [9.17, 15) is 13.2 Å². The second kappa shape index (κ2) is 10.7. The number of nitrogens with one attached hydrogen (secondary N) is 1. The third-order valence-electron chi connectivity index (χ3n) is 5.60. The Morgan fingerprint density at radius 3 is 2.03 bits per heavy atom. The molecule has 3 aromatic carbocycles. The second-order valence-corrected chi connectivity index (χ2v) is 10.3. The van der Waals surface area contributed by atoms with E-state index in [4.69, 9.17) is 9.47 Å². The Bertz CT molecular complexity index is 1180. The second-order valence-electron chi connectivity index (χ2n) is 8.02. The van der Waals surface area contributed by atoms with Crippen LogP contribution >= 0.6 is 0 Å². The van der Waals surface area contributed by atoms with Crippen LogP contribution in [0.4, 0.5) is 5.69 Å². The lowest BCUT2D eigenvalue weighted by Crippen LogP contribution is -2.46. The maximum Gasteiger partial charge on any atom is 0.246 e. The molecule has 0 radical (unpaired) electrons. The average Bonchev–Trinajstić information content (AvgIpc) is 2.84. The van der Waals surface area contributed by atoms with Crippen LogP contribution < -0.4 is 14.8 Å². The Hall–Kier alpha value is -3.36. The summed E-state index contributed by atoms with van der Waals surface area (Å²) in [7, 11) is -3.05. The monoisotopic (exact) mass is 480 g/mol. The van der Waals surface area contributed by atoms with Crippen molar-refractivity contribution in [2.24, 2.45) is 0 Å². The molecular formula is C26H28N2O5S. The summed E-state index contributed by atoms with van der Waals surface area (Å²) < 4.78 is 35.1. The zero-order valence-electron chi connectivity index (χ0n) is 19.0. The minimum atomic E-state index is -3.05. The largest absolute Gasteiger partial charge is 0.494 e. The Labute approximate surface area is 200 Å². The van der Waals surface area contributed by atoms with Gasteiger partial charge in [-0.3, -0.25) is 9.69 Å². The summed E-state index contributed by atoms with van der Waals surface area (Å²) in [4.78, 5) is 15.2. The van der Waals surface area contributed by atoms with Gasteiger partial charge >= 0.3 is 0 Å².